The summed E-state index contributed by atoms with van der Waals surface area (Å²) in [5.74, 6) is -0.685. The van der Waals surface area contributed by atoms with Crippen molar-refractivity contribution < 1.29 is 13.2 Å². The van der Waals surface area contributed by atoms with Gasteiger partial charge in [-0.3, -0.25) is 4.79 Å². The Kier molecular flexibility index (Phi) is 4.38. The Labute approximate surface area is 112 Å². The van der Waals surface area contributed by atoms with Crippen molar-refractivity contribution in [1.82, 2.24) is 0 Å². The number of nitrogens with one attached hydrogen (secondary N) is 1. The predicted molar refractivity (Wildman–Crippen MR) is 73.7 cm³/mol. The van der Waals surface area contributed by atoms with Crippen molar-refractivity contribution in [2.24, 2.45) is 16.8 Å². The molecule has 0 saturated heterocycles. The van der Waals surface area contributed by atoms with E-state index in [9.17, 15) is 13.2 Å². The topological polar surface area (TPSA) is 141 Å². The van der Waals surface area contributed by atoms with Gasteiger partial charge in [-0.2, -0.15) is 0 Å². The number of benzene rings is 1. The molecule has 7 N–H and O–H groups in total. The second-order valence-corrected chi connectivity index (χ2v) is 6.10. The average Bonchev–Trinajstić information content (AvgIpc) is 2.24. The lowest BCUT2D eigenvalue weighted by Crippen LogP contribution is -2.40. The van der Waals surface area contributed by atoms with E-state index in [1.54, 1.807) is 13.8 Å². The highest BCUT2D eigenvalue weighted by Crippen LogP contribution is 2.24. The smallest absolute Gasteiger partial charge is 0.240 e. The van der Waals surface area contributed by atoms with Crippen molar-refractivity contribution in [3.63, 3.8) is 0 Å². The predicted octanol–water partition coefficient (Wildman–Crippen LogP) is -0.162. The molecule has 1 amide bonds. The van der Waals surface area contributed by atoms with Crippen molar-refractivity contribution >= 4 is 27.3 Å². The van der Waals surface area contributed by atoms with Gasteiger partial charge < -0.3 is 16.8 Å². The van der Waals surface area contributed by atoms with Crippen LogP contribution >= 0.6 is 0 Å². The van der Waals surface area contributed by atoms with Crippen LogP contribution in [0.4, 0.5) is 11.4 Å². The van der Waals surface area contributed by atoms with Crippen LogP contribution < -0.4 is 21.9 Å². The van der Waals surface area contributed by atoms with E-state index in [1.165, 1.54) is 18.2 Å². The van der Waals surface area contributed by atoms with E-state index in [0.717, 1.165) is 0 Å². The number of amides is 1. The summed E-state index contributed by atoms with van der Waals surface area (Å²) in [5.41, 5.74) is 11.3. The minimum Gasteiger partial charge on any atom is -0.399 e. The van der Waals surface area contributed by atoms with Crippen molar-refractivity contribution in [3.8, 4) is 0 Å². The molecule has 8 heteroatoms. The van der Waals surface area contributed by atoms with Crippen molar-refractivity contribution in [3.05, 3.63) is 18.2 Å². The number of nitrogen functional groups attached to an aromatic ring is 1. The van der Waals surface area contributed by atoms with Crippen LogP contribution in [-0.2, 0) is 14.8 Å². The van der Waals surface area contributed by atoms with Crippen molar-refractivity contribution in [1.29, 1.82) is 0 Å². The molecule has 0 aromatic heterocycles. The molecule has 1 aromatic carbocycles. The van der Waals surface area contributed by atoms with Crippen molar-refractivity contribution in [2.75, 3.05) is 11.1 Å². The number of carbonyl (C=O) groups is 1. The minimum absolute atomic E-state index is 0.108. The van der Waals surface area contributed by atoms with Crippen LogP contribution in [0.2, 0.25) is 0 Å². The highest BCUT2D eigenvalue weighted by molar-refractivity contribution is 7.89. The fourth-order valence-corrected chi connectivity index (χ4v) is 2.36. The number of hydrogen-bond acceptors (Lipinski definition) is 5. The maximum Gasteiger partial charge on any atom is 0.240 e. The normalized spacial score (nSPS) is 13.3. The molecule has 1 atom stereocenters. The molecule has 0 radical (unpaired) electrons. The molecular formula is C11H18N4O3S. The Bertz CT molecular complexity index is 584. The second-order valence-electron chi connectivity index (χ2n) is 4.57. The Morgan fingerprint density at radius 2 is 1.89 bits per heavy atom. The summed E-state index contributed by atoms with van der Waals surface area (Å²) in [6.45, 7) is 3.58. The summed E-state index contributed by atoms with van der Waals surface area (Å²) < 4.78 is 23.0. The lowest BCUT2D eigenvalue weighted by Gasteiger charge is -2.21. The van der Waals surface area contributed by atoms with Gasteiger partial charge in [-0.15, -0.1) is 0 Å². The zero-order valence-electron chi connectivity index (χ0n) is 10.8. The number of rotatable bonds is 5. The van der Waals surface area contributed by atoms with Gasteiger partial charge in [0.05, 0.1) is 5.69 Å². The van der Waals surface area contributed by atoms with Gasteiger partial charge in [-0.25, -0.2) is 13.6 Å². The van der Waals surface area contributed by atoms with E-state index in [4.69, 9.17) is 16.6 Å². The third-order valence-corrected chi connectivity index (χ3v) is 3.55. The number of primary amides is 1. The summed E-state index contributed by atoms with van der Waals surface area (Å²) >= 11 is 0. The van der Waals surface area contributed by atoms with Crippen LogP contribution in [0, 0.1) is 5.92 Å². The fraction of sp³-hybridized carbons (Fsp3) is 0.364. The maximum absolute atomic E-state index is 11.5. The van der Waals surface area contributed by atoms with E-state index in [-0.39, 0.29) is 22.2 Å². The summed E-state index contributed by atoms with van der Waals surface area (Å²) in [4.78, 5) is 11.2. The first-order valence-corrected chi connectivity index (χ1v) is 7.15. The third-order valence-electron chi connectivity index (χ3n) is 2.60. The molecule has 0 aliphatic heterocycles. The first-order chi connectivity index (χ1) is 8.62. The maximum atomic E-state index is 11.5. The van der Waals surface area contributed by atoms with Gasteiger partial charge in [-0.1, -0.05) is 13.8 Å². The number of primary sulfonamides is 1. The van der Waals surface area contributed by atoms with Crippen molar-refractivity contribution in [2.45, 2.75) is 24.8 Å². The van der Waals surface area contributed by atoms with Crippen LogP contribution in [-0.4, -0.2) is 20.4 Å². The summed E-state index contributed by atoms with van der Waals surface area (Å²) in [7, 11) is -3.95. The number of sulfonamides is 1. The van der Waals surface area contributed by atoms with Gasteiger partial charge in [0.2, 0.25) is 15.9 Å². The molecule has 19 heavy (non-hydrogen) atoms. The highest BCUT2D eigenvalue weighted by atomic mass is 32.2. The Morgan fingerprint density at radius 1 is 1.32 bits per heavy atom. The molecule has 0 aliphatic rings. The lowest BCUT2D eigenvalue weighted by atomic mass is 10.0. The zero-order chi connectivity index (χ0) is 14.8. The Balaban J connectivity index is 3.25. The molecule has 7 nitrogen and oxygen atoms in total. The molecule has 1 rings (SSSR count). The molecule has 0 aliphatic carbocycles. The summed E-state index contributed by atoms with van der Waals surface area (Å²) in [5, 5.41) is 7.91. The monoisotopic (exact) mass is 286 g/mol. The van der Waals surface area contributed by atoms with Gasteiger partial charge in [-0.05, 0) is 24.1 Å². The van der Waals surface area contributed by atoms with Crippen LogP contribution in [0.1, 0.15) is 13.8 Å². The van der Waals surface area contributed by atoms with Crippen LogP contribution in [0.25, 0.3) is 0 Å². The molecule has 0 bridgehead atoms. The van der Waals surface area contributed by atoms with Gasteiger partial charge in [0, 0.05) is 5.69 Å². The number of hydrogen-bond donors (Lipinski definition) is 4. The van der Waals surface area contributed by atoms with Crippen LogP contribution in [0.5, 0.6) is 0 Å². The summed E-state index contributed by atoms with van der Waals surface area (Å²) in [6, 6.07) is 3.49. The van der Waals surface area contributed by atoms with Crippen LogP contribution in [0.15, 0.2) is 23.1 Å². The average molecular weight is 286 g/mol. The number of nitrogens with two attached hydrogens (primary N) is 3. The van der Waals surface area contributed by atoms with Gasteiger partial charge in [0.1, 0.15) is 10.9 Å². The molecule has 0 saturated carbocycles. The Hall–Kier alpha value is -1.80. The van der Waals surface area contributed by atoms with E-state index in [0.29, 0.717) is 0 Å². The highest BCUT2D eigenvalue weighted by Gasteiger charge is 2.22. The standard InChI is InChI=1S/C11H18N4O3S/c1-6(2)10(11(13)16)15-8-4-3-7(12)5-9(8)19(14,17)18/h3-6,10,15H,12H2,1-2H3,(H2,13,16)(H2,14,17,18). The second kappa shape index (κ2) is 5.45. The number of carbonyl (C=O) groups excluding carboxylic acids is 1. The number of anilines is 2. The van der Waals surface area contributed by atoms with E-state index in [1.807, 2.05) is 0 Å². The van der Waals surface area contributed by atoms with Gasteiger partial charge >= 0.3 is 0 Å². The molecule has 1 aromatic rings. The minimum atomic E-state index is -3.95. The molecule has 0 heterocycles. The van der Waals surface area contributed by atoms with E-state index >= 15 is 0 Å². The largest absolute Gasteiger partial charge is 0.399 e. The molecule has 106 valence electrons. The summed E-state index contributed by atoms with van der Waals surface area (Å²) in [6.07, 6.45) is 0. The first kappa shape index (κ1) is 15.3. The zero-order valence-corrected chi connectivity index (χ0v) is 11.6. The van der Waals surface area contributed by atoms with Crippen LogP contribution in [0.3, 0.4) is 0 Å². The quantitative estimate of drug-likeness (QED) is 0.556. The molecule has 0 fully saturated rings. The molecule has 1 unspecified atom stereocenters. The SMILES string of the molecule is CC(C)C(Nc1ccc(N)cc1S(N)(=O)=O)C(N)=O. The fourth-order valence-electron chi connectivity index (χ4n) is 1.63. The Morgan fingerprint density at radius 3 is 2.32 bits per heavy atom. The molecule has 0 spiro atoms. The lowest BCUT2D eigenvalue weighted by molar-refractivity contribution is -0.119. The van der Waals surface area contributed by atoms with Gasteiger partial charge in [0.25, 0.3) is 0 Å². The first-order valence-electron chi connectivity index (χ1n) is 5.61. The van der Waals surface area contributed by atoms with E-state index < -0.39 is 22.0 Å². The van der Waals surface area contributed by atoms with E-state index in [2.05, 4.69) is 5.32 Å². The third kappa shape index (κ3) is 3.83. The molecular weight excluding hydrogens is 268 g/mol. The van der Waals surface area contributed by atoms with Gasteiger partial charge in [0.15, 0.2) is 0 Å².